The fourth-order valence-corrected chi connectivity index (χ4v) is 4.31. The predicted octanol–water partition coefficient (Wildman–Crippen LogP) is 1.95. The zero-order valence-corrected chi connectivity index (χ0v) is 15.0. The summed E-state index contributed by atoms with van der Waals surface area (Å²) in [5.41, 5.74) is 2.22. The van der Waals surface area contributed by atoms with Crippen LogP contribution in [-0.2, 0) is 21.2 Å². The van der Waals surface area contributed by atoms with E-state index in [0.29, 0.717) is 43.9 Å². The normalized spacial score (nSPS) is 13.7. The number of carbonyl (C=O) groups excluding carboxylic acids is 1. The van der Waals surface area contributed by atoms with Gasteiger partial charge in [-0.2, -0.15) is 0 Å². The van der Waals surface area contributed by atoms with E-state index in [9.17, 15) is 13.2 Å². The van der Waals surface area contributed by atoms with Crippen LogP contribution in [0, 0.1) is 0 Å². The van der Waals surface area contributed by atoms with Gasteiger partial charge in [0.1, 0.15) is 0 Å². The summed E-state index contributed by atoms with van der Waals surface area (Å²) in [7, 11) is -1.75. The van der Waals surface area contributed by atoms with Crippen molar-refractivity contribution in [3.05, 3.63) is 23.8 Å². The highest BCUT2D eigenvalue weighted by atomic mass is 32.2. The number of methoxy groups -OCH3 is 1. The van der Waals surface area contributed by atoms with Gasteiger partial charge < -0.3 is 15.4 Å². The molecular formula is C16H25N3O4S. The maximum Gasteiger partial charge on any atom is 0.319 e. The molecule has 2 amide bonds. The Morgan fingerprint density at radius 3 is 2.88 bits per heavy atom. The lowest BCUT2D eigenvalue weighted by Crippen LogP contribution is -2.32. The Labute approximate surface area is 143 Å². The Balaban J connectivity index is 2.09. The number of rotatable bonds is 8. The first-order valence-corrected chi connectivity index (χ1v) is 9.76. The zero-order chi connectivity index (χ0) is 17.6. The summed E-state index contributed by atoms with van der Waals surface area (Å²) >= 11 is 0. The number of unbranched alkanes of at least 4 members (excludes halogenated alkanes) is 1. The standard InChI is InChI=1S/C16H25N3O4S/c1-3-4-11-24(21,22)19-9-7-13-5-6-14(12-15(13)19)18-16(20)17-8-10-23-2/h5-6,12H,3-4,7-11H2,1-2H3,(H2,17,18,20). The fraction of sp³-hybridized carbons (Fsp3) is 0.562. The molecule has 0 bridgehead atoms. The van der Waals surface area contributed by atoms with E-state index in [-0.39, 0.29) is 11.8 Å². The largest absolute Gasteiger partial charge is 0.383 e. The number of amides is 2. The molecule has 2 N–H and O–H groups in total. The van der Waals surface area contributed by atoms with E-state index in [1.807, 2.05) is 13.0 Å². The number of benzene rings is 1. The molecule has 24 heavy (non-hydrogen) atoms. The van der Waals surface area contributed by atoms with Crippen LogP contribution in [0.25, 0.3) is 0 Å². The van der Waals surface area contributed by atoms with Crippen LogP contribution >= 0.6 is 0 Å². The number of anilines is 2. The molecule has 0 saturated heterocycles. The van der Waals surface area contributed by atoms with Crippen LogP contribution in [0.4, 0.5) is 16.2 Å². The Morgan fingerprint density at radius 2 is 2.17 bits per heavy atom. The Bertz CT molecular complexity index is 676. The first-order chi connectivity index (χ1) is 11.5. The van der Waals surface area contributed by atoms with Gasteiger partial charge in [-0.05, 0) is 30.5 Å². The SMILES string of the molecule is CCCCS(=O)(=O)N1CCc2ccc(NC(=O)NCCOC)cc21. The number of hydrogen-bond acceptors (Lipinski definition) is 4. The molecule has 0 unspecified atom stereocenters. The number of nitrogens with zero attached hydrogens (tertiary/aromatic N) is 1. The number of fused-ring (bicyclic) bond motifs is 1. The summed E-state index contributed by atoms with van der Waals surface area (Å²) in [6.45, 7) is 3.27. The van der Waals surface area contributed by atoms with Crippen molar-refractivity contribution in [1.82, 2.24) is 5.32 Å². The average molecular weight is 355 g/mol. The van der Waals surface area contributed by atoms with E-state index in [0.717, 1.165) is 12.0 Å². The maximum absolute atomic E-state index is 12.5. The maximum atomic E-state index is 12.5. The second kappa shape index (κ2) is 8.34. The van der Waals surface area contributed by atoms with Gasteiger partial charge in [-0.1, -0.05) is 19.4 Å². The van der Waals surface area contributed by atoms with Crippen molar-refractivity contribution in [2.45, 2.75) is 26.2 Å². The van der Waals surface area contributed by atoms with Gasteiger partial charge in [-0.15, -0.1) is 0 Å². The zero-order valence-electron chi connectivity index (χ0n) is 14.2. The molecule has 1 aromatic carbocycles. The van der Waals surface area contributed by atoms with Gasteiger partial charge in [0.2, 0.25) is 10.0 Å². The minimum absolute atomic E-state index is 0.151. The fourth-order valence-electron chi connectivity index (χ4n) is 2.60. The molecule has 0 aromatic heterocycles. The summed E-state index contributed by atoms with van der Waals surface area (Å²) in [4.78, 5) is 11.8. The summed E-state index contributed by atoms with van der Waals surface area (Å²) in [5, 5.41) is 5.38. The van der Waals surface area contributed by atoms with E-state index in [1.54, 1.807) is 19.2 Å². The number of sulfonamides is 1. The predicted molar refractivity (Wildman–Crippen MR) is 95.1 cm³/mol. The van der Waals surface area contributed by atoms with Crippen molar-refractivity contribution in [3.8, 4) is 0 Å². The Hall–Kier alpha value is -1.80. The number of nitrogens with one attached hydrogen (secondary N) is 2. The lowest BCUT2D eigenvalue weighted by Gasteiger charge is -2.20. The first-order valence-electron chi connectivity index (χ1n) is 8.15. The third-order valence-electron chi connectivity index (χ3n) is 3.88. The molecule has 0 fully saturated rings. The number of ether oxygens (including phenoxy) is 1. The quantitative estimate of drug-likeness (QED) is 0.698. The molecule has 134 valence electrons. The van der Waals surface area contributed by atoms with Gasteiger partial charge in [0, 0.05) is 25.9 Å². The monoisotopic (exact) mass is 355 g/mol. The van der Waals surface area contributed by atoms with Crippen LogP contribution in [0.3, 0.4) is 0 Å². The molecule has 0 atom stereocenters. The van der Waals surface area contributed by atoms with Gasteiger partial charge >= 0.3 is 6.03 Å². The third kappa shape index (κ3) is 4.61. The van der Waals surface area contributed by atoms with Gasteiger partial charge in [0.25, 0.3) is 0 Å². The third-order valence-corrected chi connectivity index (χ3v) is 5.73. The van der Waals surface area contributed by atoms with Crippen LogP contribution in [0.5, 0.6) is 0 Å². The summed E-state index contributed by atoms with van der Waals surface area (Å²) < 4.78 is 31.3. The smallest absolute Gasteiger partial charge is 0.319 e. The van der Waals surface area contributed by atoms with Crippen LogP contribution in [0.2, 0.25) is 0 Å². The van der Waals surface area contributed by atoms with Gasteiger partial charge in [0.15, 0.2) is 0 Å². The lowest BCUT2D eigenvalue weighted by atomic mass is 10.1. The van der Waals surface area contributed by atoms with Crippen LogP contribution < -0.4 is 14.9 Å². The van der Waals surface area contributed by atoms with Crippen molar-refractivity contribution in [2.24, 2.45) is 0 Å². The minimum Gasteiger partial charge on any atom is -0.383 e. The van der Waals surface area contributed by atoms with Gasteiger partial charge in [-0.3, -0.25) is 4.31 Å². The average Bonchev–Trinajstić information content (AvgIpc) is 2.97. The molecule has 0 spiro atoms. The second-order valence-electron chi connectivity index (χ2n) is 5.71. The van der Waals surface area contributed by atoms with Crippen molar-refractivity contribution in [3.63, 3.8) is 0 Å². The highest BCUT2D eigenvalue weighted by Gasteiger charge is 2.29. The molecule has 1 aliphatic rings. The molecule has 0 aliphatic carbocycles. The Kier molecular flexibility index (Phi) is 6.44. The highest BCUT2D eigenvalue weighted by molar-refractivity contribution is 7.92. The van der Waals surface area contributed by atoms with E-state index < -0.39 is 10.0 Å². The van der Waals surface area contributed by atoms with Gasteiger partial charge in [-0.25, -0.2) is 13.2 Å². The summed E-state index contributed by atoms with van der Waals surface area (Å²) in [5.74, 6) is 0.151. The van der Waals surface area contributed by atoms with Gasteiger partial charge in [0.05, 0.1) is 18.0 Å². The lowest BCUT2D eigenvalue weighted by molar-refractivity contribution is 0.198. The molecule has 7 nitrogen and oxygen atoms in total. The molecule has 0 saturated carbocycles. The van der Waals surface area contributed by atoms with Crippen molar-refractivity contribution in [1.29, 1.82) is 0 Å². The first kappa shape index (κ1) is 18.5. The molecule has 1 aliphatic heterocycles. The van der Waals surface area contributed by atoms with E-state index >= 15 is 0 Å². The van der Waals surface area contributed by atoms with Crippen molar-refractivity contribution >= 4 is 27.4 Å². The minimum atomic E-state index is -3.31. The highest BCUT2D eigenvalue weighted by Crippen LogP contribution is 2.33. The summed E-state index contributed by atoms with van der Waals surface area (Å²) in [6, 6.07) is 5.04. The van der Waals surface area contributed by atoms with Crippen molar-refractivity contribution in [2.75, 3.05) is 42.2 Å². The topological polar surface area (TPSA) is 87.7 Å². The summed E-state index contributed by atoms with van der Waals surface area (Å²) in [6.07, 6.45) is 2.18. The Morgan fingerprint density at radius 1 is 1.38 bits per heavy atom. The van der Waals surface area contributed by atoms with Crippen LogP contribution in [-0.4, -0.2) is 47.0 Å². The molecular weight excluding hydrogens is 330 g/mol. The molecule has 1 heterocycles. The van der Waals surface area contributed by atoms with Crippen molar-refractivity contribution < 1.29 is 17.9 Å². The van der Waals surface area contributed by atoms with Crippen LogP contribution in [0.1, 0.15) is 25.3 Å². The molecule has 1 aromatic rings. The number of urea groups is 1. The van der Waals surface area contributed by atoms with E-state index in [4.69, 9.17) is 4.74 Å². The molecule has 0 radical (unpaired) electrons. The second-order valence-corrected chi connectivity index (χ2v) is 7.72. The number of carbonyl (C=O) groups is 1. The van der Waals surface area contributed by atoms with Crippen LogP contribution in [0.15, 0.2) is 18.2 Å². The van der Waals surface area contributed by atoms with E-state index in [1.165, 1.54) is 4.31 Å². The molecule has 2 rings (SSSR count). The van der Waals surface area contributed by atoms with E-state index in [2.05, 4.69) is 10.6 Å². The molecule has 8 heteroatoms. The number of hydrogen-bond donors (Lipinski definition) is 2.